The lowest BCUT2D eigenvalue weighted by Crippen LogP contribution is -2.42. The van der Waals surface area contributed by atoms with E-state index in [9.17, 15) is 9.18 Å². The second-order valence-electron chi connectivity index (χ2n) is 7.45. The summed E-state index contributed by atoms with van der Waals surface area (Å²) in [5.74, 6) is 0.341. The minimum absolute atomic E-state index is 0.00446. The van der Waals surface area contributed by atoms with Crippen LogP contribution in [0.1, 0.15) is 46.2 Å². The molecule has 2 bridgehead atoms. The first-order valence-corrected chi connectivity index (χ1v) is 9.47. The van der Waals surface area contributed by atoms with Gasteiger partial charge in [0.15, 0.2) is 5.82 Å². The molecule has 2 aliphatic heterocycles. The topological polar surface area (TPSA) is 59.0 Å². The molecular weight excluding hydrogens is 355 g/mol. The smallest absolute Gasteiger partial charge is 0.256 e. The molecule has 1 fully saturated rings. The number of pyridine rings is 1. The number of nitrogens with zero attached hydrogens (tertiary/aromatic N) is 4. The van der Waals surface area contributed by atoms with Crippen molar-refractivity contribution >= 4 is 5.91 Å². The summed E-state index contributed by atoms with van der Waals surface area (Å²) < 4.78 is 13.2. The van der Waals surface area contributed by atoms with Crippen LogP contribution in [-0.2, 0) is 6.42 Å². The first kappa shape index (κ1) is 17.0. The normalized spacial score (nSPS) is 20.1. The van der Waals surface area contributed by atoms with E-state index < -0.39 is 0 Å². The van der Waals surface area contributed by atoms with Crippen LogP contribution in [0.25, 0.3) is 11.4 Å². The average Bonchev–Trinajstić information content (AvgIpc) is 3.03. The monoisotopic (exact) mass is 374 g/mol. The van der Waals surface area contributed by atoms with Crippen LogP contribution >= 0.6 is 0 Å². The third-order valence-corrected chi connectivity index (χ3v) is 5.69. The van der Waals surface area contributed by atoms with Gasteiger partial charge in [-0.15, -0.1) is 0 Å². The lowest BCUT2D eigenvalue weighted by atomic mass is 9.98. The number of hydrogen-bond acceptors (Lipinski definition) is 4. The van der Waals surface area contributed by atoms with Crippen LogP contribution < -0.4 is 0 Å². The van der Waals surface area contributed by atoms with Crippen molar-refractivity contribution in [1.82, 2.24) is 19.9 Å². The number of fused-ring (bicyclic) bond motifs is 4. The van der Waals surface area contributed by atoms with Crippen molar-refractivity contribution in [1.29, 1.82) is 0 Å². The summed E-state index contributed by atoms with van der Waals surface area (Å²) in [5, 5.41) is 0. The molecule has 2 atom stereocenters. The molecule has 0 N–H and O–H groups in total. The Bertz CT molecular complexity index is 1050. The molecule has 0 saturated carbocycles. The molecule has 0 radical (unpaired) electrons. The largest absolute Gasteiger partial charge is 0.328 e. The quantitative estimate of drug-likeness (QED) is 0.683. The molecule has 3 aromatic rings. The van der Waals surface area contributed by atoms with Crippen LogP contribution in [0, 0.1) is 12.7 Å². The Morgan fingerprint density at radius 3 is 2.64 bits per heavy atom. The molecule has 5 rings (SSSR count). The van der Waals surface area contributed by atoms with Crippen LogP contribution in [0.5, 0.6) is 0 Å². The maximum atomic E-state index is 13.2. The number of aromatic nitrogens is 3. The van der Waals surface area contributed by atoms with Crippen LogP contribution in [0.2, 0.25) is 0 Å². The van der Waals surface area contributed by atoms with Gasteiger partial charge in [-0.1, -0.05) is 0 Å². The molecular formula is C22H19FN4O. The number of hydrogen-bond donors (Lipinski definition) is 0. The predicted molar refractivity (Wildman–Crippen MR) is 102 cm³/mol. The Kier molecular flexibility index (Phi) is 3.93. The summed E-state index contributed by atoms with van der Waals surface area (Å²) in [6, 6.07) is 10.1. The van der Waals surface area contributed by atoms with E-state index in [-0.39, 0.29) is 23.8 Å². The fraction of sp³-hybridized carbons (Fsp3) is 0.273. The molecule has 1 amide bonds. The van der Waals surface area contributed by atoms with E-state index in [1.165, 1.54) is 12.1 Å². The molecule has 6 heteroatoms. The van der Waals surface area contributed by atoms with Gasteiger partial charge < -0.3 is 4.90 Å². The van der Waals surface area contributed by atoms with Crippen molar-refractivity contribution in [2.45, 2.75) is 38.3 Å². The van der Waals surface area contributed by atoms with Crippen molar-refractivity contribution in [3.05, 3.63) is 77.1 Å². The summed E-state index contributed by atoms with van der Waals surface area (Å²) in [6.45, 7) is 1.91. The van der Waals surface area contributed by atoms with E-state index in [1.807, 2.05) is 30.2 Å². The zero-order chi connectivity index (χ0) is 19.3. The van der Waals surface area contributed by atoms with Crippen molar-refractivity contribution in [2.75, 3.05) is 0 Å². The van der Waals surface area contributed by atoms with E-state index in [0.717, 1.165) is 35.4 Å². The first-order valence-electron chi connectivity index (χ1n) is 9.47. The number of aryl methyl sites for hydroxylation is 1. The highest BCUT2D eigenvalue weighted by molar-refractivity contribution is 5.94. The molecule has 2 aromatic heterocycles. The molecule has 140 valence electrons. The third kappa shape index (κ3) is 2.76. The zero-order valence-corrected chi connectivity index (χ0v) is 15.5. The van der Waals surface area contributed by atoms with Crippen molar-refractivity contribution in [2.24, 2.45) is 0 Å². The third-order valence-electron chi connectivity index (χ3n) is 5.69. The second-order valence-corrected chi connectivity index (χ2v) is 7.45. The fourth-order valence-electron chi connectivity index (χ4n) is 4.27. The Morgan fingerprint density at radius 2 is 1.89 bits per heavy atom. The SMILES string of the molecule is Cc1ccc(C(=O)N2[C@H]3CC[C@@H]2c2cnc(-c4ccc(F)cc4)nc2C3)cn1. The average molecular weight is 374 g/mol. The molecule has 0 spiro atoms. The molecule has 4 heterocycles. The molecule has 2 aliphatic rings. The first-order chi connectivity index (χ1) is 13.6. The van der Waals surface area contributed by atoms with Gasteiger partial charge in [0.25, 0.3) is 5.91 Å². The van der Waals surface area contributed by atoms with Crippen LogP contribution in [-0.4, -0.2) is 31.8 Å². The summed E-state index contributed by atoms with van der Waals surface area (Å²) in [7, 11) is 0. The number of carbonyl (C=O) groups is 1. The maximum Gasteiger partial charge on any atom is 0.256 e. The van der Waals surface area contributed by atoms with Gasteiger partial charge >= 0.3 is 0 Å². The van der Waals surface area contributed by atoms with Gasteiger partial charge in [0, 0.05) is 41.7 Å². The predicted octanol–water partition coefficient (Wildman–Crippen LogP) is 3.89. The number of benzene rings is 1. The van der Waals surface area contributed by atoms with Gasteiger partial charge in [-0.3, -0.25) is 9.78 Å². The van der Waals surface area contributed by atoms with Crippen molar-refractivity contribution in [3.8, 4) is 11.4 Å². The minimum Gasteiger partial charge on any atom is -0.328 e. The van der Waals surface area contributed by atoms with Crippen LogP contribution in [0.3, 0.4) is 0 Å². The molecule has 5 nitrogen and oxygen atoms in total. The number of carbonyl (C=O) groups excluding carboxylic acids is 1. The number of halogens is 1. The summed E-state index contributed by atoms with van der Waals surface area (Å²) >= 11 is 0. The van der Waals surface area contributed by atoms with Gasteiger partial charge in [-0.05, 0) is 56.2 Å². The highest BCUT2D eigenvalue weighted by Gasteiger charge is 2.43. The van der Waals surface area contributed by atoms with E-state index >= 15 is 0 Å². The van der Waals surface area contributed by atoms with Gasteiger partial charge in [0.05, 0.1) is 17.3 Å². The highest BCUT2D eigenvalue weighted by Crippen LogP contribution is 2.43. The van der Waals surface area contributed by atoms with E-state index in [1.54, 1.807) is 18.3 Å². The Balaban J connectivity index is 1.47. The summed E-state index contributed by atoms with van der Waals surface area (Å²) in [4.78, 5) is 28.6. The number of amides is 1. The lowest BCUT2D eigenvalue weighted by molar-refractivity contribution is 0.0643. The van der Waals surface area contributed by atoms with Crippen LogP contribution in [0.4, 0.5) is 4.39 Å². The van der Waals surface area contributed by atoms with Gasteiger partial charge in [0.2, 0.25) is 0 Å². The van der Waals surface area contributed by atoms with Crippen LogP contribution in [0.15, 0.2) is 48.8 Å². The van der Waals surface area contributed by atoms with Crippen molar-refractivity contribution in [3.63, 3.8) is 0 Å². The molecule has 28 heavy (non-hydrogen) atoms. The van der Waals surface area contributed by atoms with Gasteiger partial charge in [-0.25, -0.2) is 14.4 Å². The minimum atomic E-state index is -0.278. The highest BCUT2D eigenvalue weighted by atomic mass is 19.1. The molecule has 1 saturated heterocycles. The standard InChI is InChI=1S/C22H19FN4O/c1-13-2-3-15(11-24-13)22(28)27-17-8-9-20(27)18-12-25-21(26-19(18)10-17)14-4-6-16(23)7-5-14/h2-7,11-12,17,20H,8-10H2,1H3/t17-,20+/m0/s1. The lowest BCUT2D eigenvalue weighted by Gasteiger charge is -2.35. The number of rotatable bonds is 2. The Hall–Kier alpha value is -3.15. The molecule has 0 aliphatic carbocycles. The Morgan fingerprint density at radius 1 is 1.07 bits per heavy atom. The van der Waals surface area contributed by atoms with E-state index in [4.69, 9.17) is 4.98 Å². The van der Waals surface area contributed by atoms with Gasteiger partial charge in [0.1, 0.15) is 5.82 Å². The second kappa shape index (κ2) is 6.48. The zero-order valence-electron chi connectivity index (χ0n) is 15.5. The molecule has 1 aromatic carbocycles. The van der Waals surface area contributed by atoms with E-state index in [0.29, 0.717) is 17.8 Å². The Labute approximate surface area is 162 Å². The fourth-order valence-corrected chi connectivity index (χ4v) is 4.27. The van der Waals surface area contributed by atoms with E-state index in [2.05, 4.69) is 9.97 Å². The van der Waals surface area contributed by atoms with Gasteiger partial charge in [-0.2, -0.15) is 0 Å². The van der Waals surface area contributed by atoms with Crippen molar-refractivity contribution < 1.29 is 9.18 Å². The summed E-state index contributed by atoms with van der Waals surface area (Å²) in [5.41, 5.74) is 4.32. The maximum absolute atomic E-state index is 13.2. The molecule has 0 unspecified atom stereocenters. The summed E-state index contributed by atoms with van der Waals surface area (Å²) in [6.07, 6.45) is 6.08.